The van der Waals surface area contributed by atoms with Crippen molar-refractivity contribution in [1.82, 2.24) is 4.98 Å². The van der Waals surface area contributed by atoms with Crippen LogP contribution in [0.15, 0.2) is 60.0 Å². The number of rotatable bonds is 3. The zero-order valence-corrected chi connectivity index (χ0v) is 12.2. The van der Waals surface area contributed by atoms with Crippen molar-refractivity contribution in [3.05, 3.63) is 71.4 Å². The molecular formula is C17H13FN2O3. The number of nitrogens with zero attached hydrogens (tertiary/aromatic N) is 2. The van der Waals surface area contributed by atoms with Crippen LogP contribution in [0.5, 0.6) is 0 Å². The molecule has 0 saturated carbocycles. The average Bonchev–Trinajstić information content (AvgIpc) is 2.80. The predicted molar refractivity (Wildman–Crippen MR) is 81.2 cm³/mol. The van der Waals surface area contributed by atoms with Crippen molar-refractivity contribution in [2.75, 3.05) is 4.90 Å². The molecule has 1 aromatic carbocycles. The topological polar surface area (TPSA) is 70.5 Å². The molecule has 0 radical (unpaired) electrons. The molecule has 1 amide bonds. The van der Waals surface area contributed by atoms with Crippen molar-refractivity contribution in [2.45, 2.75) is 13.0 Å². The van der Waals surface area contributed by atoms with Crippen molar-refractivity contribution in [2.24, 2.45) is 0 Å². The van der Waals surface area contributed by atoms with Crippen molar-refractivity contribution >= 4 is 17.5 Å². The zero-order chi connectivity index (χ0) is 16.6. The molecule has 0 saturated heterocycles. The van der Waals surface area contributed by atoms with Gasteiger partial charge in [-0.1, -0.05) is 24.3 Å². The van der Waals surface area contributed by atoms with Crippen LogP contribution in [0.1, 0.15) is 18.5 Å². The number of aromatic nitrogens is 1. The molecule has 0 fully saturated rings. The van der Waals surface area contributed by atoms with Gasteiger partial charge in [-0.25, -0.2) is 9.37 Å². The summed E-state index contributed by atoms with van der Waals surface area (Å²) in [5.41, 5.74) is -0.00786. The smallest absolute Gasteiger partial charge is 0.295 e. The van der Waals surface area contributed by atoms with Gasteiger partial charge in [0.15, 0.2) is 11.5 Å². The predicted octanol–water partition coefficient (Wildman–Crippen LogP) is 2.71. The fraction of sp³-hybridized carbons (Fsp3) is 0.118. The van der Waals surface area contributed by atoms with Gasteiger partial charge in [-0.2, -0.15) is 0 Å². The summed E-state index contributed by atoms with van der Waals surface area (Å²) in [4.78, 5) is 29.6. The lowest BCUT2D eigenvalue weighted by Crippen LogP contribution is -2.32. The number of pyridine rings is 1. The first-order valence-electron chi connectivity index (χ1n) is 6.95. The molecular weight excluding hydrogens is 299 g/mol. The maximum atomic E-state index is 14.2. The summed E-state index contributed by atoms with van der Waals surface area (Å²) in [6.07, 6.45) is 1.48. The minimum absolute atomic E-state index is 0.126. The lowest BCUT2D eigenvalue weighted by Gasteiger charge is -2.25. The van der Waals surface area contributed by atoms with Crippen LogP contribution in [0.2, 0.25) is 0 Å². The molecule has 1 aliphatic rings. The van der Waals surface area contributed by atoms with Gasteiger partial charge in [-0.15, -0.1) is 0 Å². The Morgan fingerprint density at radius 3 is 2.52 bits per heavy atom. The number of Topliss-reactive ketones (excluding diaryl/α,β-unsaturated/α-hetero) is 1. The highest BCUT2D eigenvalue weighted by atomic mass is 19.1. The maximum absolute atomic E-state index is 14.2. The van der Waals surface area contributed by atoms with Gasteiger partial charge in [0.05, 0.1) is 11.6 Å². The first-order chi connectivity index (χ1) is 11.0. The second-order valence-corrected chi connectivity index (χ2v) is 5.11. The molecule has 0 aliphatic carbocycles. The van der Waals surface area contributed by atoms with E-state index in [0.717, 1.165) is 4.90 Å². The Kier molecular flexibility index (Phi) is 3.65. The summed E-state index contributed by atoms with van der Waals surface area (Å²) in [5.74, 6) is -2.28. The van der Waals surface area contributed by atoms with Crippen LogP contribution in [0.25, 0.3) is 0 Å². The van der Waals surface area contributed by atoms with Gasteiger partial charge < -0.3 is 5.11 Å². The van der Waals surface area contributed by atoms with Gasteiger partial charge in [0.1, 0.15) is 11.6 Å². The van der Waals surface area contributed by atoms with Crippen LogP contribution in [-0.4, -0.2) is 21.8 Å². The van der Waals surface area contributed by atoms with E-state index in [1.807, 2.05) is 0 Å². The minimum atomic E-state index is -1.05. The summed E-state index contributed by atoms with van der Waals surface area (Å²) in [6.45, 7) is 1.23. The summed E-state index contributed by atoms with van der Waals surface area (Å²) in [6, 6.07) is 9.68. The second-order valence-electron chi connectivity index (χ2n) is 5.11. The van der Waals surface area contributed by atoms with E-state index in [9.17, 15) is 19.1 Å². The quantitative estimate of drug-likeness (QED) is 0.946. The van der Waals surface area contributed by atoms with Crippen LogP contribution in [0, 0.1) is 5.82 Å². The highest BCUT2D eigenvalue weighted by Crippen LogP contribution is 2.40. The van der Waals surface area contributed by atoms with E-state index >= 15 is 0 Å². The monoisotopic (exact) mass is 312 g/mol. The largest absolute Gasteiger partial charge is 0.503 e. The van der Waals surface area contributed by atoms with Crippen molar-refractivity contribution in [3.63, 3.8) is 0 Å². The minimum Gasteiger partial charge on any atom is -0.503 e. The summed E-state index contributed by atoms with van der Waals surface area (Å²) >= 11 is 0. The van der Waals surface area contributed by atoms with Gasteiger partial charge in [0.2, 0.25) is 0 Å². The zero-order valence-electron chi connectivity index (χ0n) is 12.2. The molecule has 116 valence electrons. The number of halogens is 1. The molecule has 2 heterocycles. The lowest BCUT2D eigenvalue weighted by molar-refractivity contribution is -0.117. The van der Waals surface area contributed by atoms with Crippen LogP contribution < -0.4 is 4.90 Å². The van der Waals surface area contributed by atoms with Gasteiger partial charge in [0.25, 0.3) is 5.91 Å². The summed E-state index contributed by atoms with van der Waals surface area (Å²) < 4.78 is 14.2. The Morgan fingerprint density at radius 2 is 1.91 bits per heavy atom. The van der Waals surface area contributed by atoms with E-state index in [4.69, 9.17) is 0 Å². The van der Waals surface area contributed by atoms with Crippen molar-refractivity contribution in [1.29, 1.82) is 0 Å². The Hall–Kier alpha value is -3.02. The Bertz CT molecular complexity index is 818. The molecule has 3 rings (SSSR count). The maximum Gasteiger partial charge on any atom is 0.295 e. The molecule has 1 aliphatic heterocycles. The number of aliphatic hydroxyl groups is 1. The first-order valence-corrected chi connectivity index (χ1v) is 6.95. The highest BCUT2D eigenvalue weighted by Gasteiger charge is 2.44. The van der Waals surface area contributed by atoms with Crippen LogP contribution >= 0.6 is 0 Å². The first kappa shape index (κ1) is 14.9. The number of aliphatic hydroxyl groups excluding tert-OH is 1. The number of ketones is 1. The number of hydrogen-bond acceptors (Lipinski definition) is 4. The van der Waals surface area contributed by atoms with E-state index < -0.39 is 29.3 Å². The normalized spacial score (nSPS) is 17.7. The lowest BCUT2D eigenvalue weighted by atomic mass is 9.96. The number of carbonyl (C=O) groups is 2. The number of amides is 1. The molecule has 0 bridgehead atoms. The van der Waals surface area contributed by atoms with Gasteiger partial charge in [-0.05, 0) is 25.1 Å². The van der Waals surface area contributed by atoms with Crippen LogP contribution in [0.4, 0.5) is 10.2 Å². The van der Waals surface area contributed by atoms with E-state index in [-0.39, 0.29) is 17.0 Å². The molecule has 5 nitrogen and oxygen atoms in total. The van der Waals surface area contributed by atoms with E-state index in [2.05, 4.69) is 4.98 Å². The van der Waals surface area contributed by atoms with Gasteiger partial charge in [-0.3, -0.25) is 14.5 Å². The molecule has 1 aromatic heterocycles. The fourth-order valence-electron chi connectivity index (χ4n) is 2.69. The number of hydrogen-bond donors (Lipinski definition) is 1. The average molecular weight is 312 g/mol. The van der Waals surface area contributed by atoms with Crippen LogP contribution in [-0.2, 0) is 9.59 Å². The fourth-order valence-corrected chi connectivity index (χ4v) is 2.69. The molecule has 23 heavy (non-hydrogen) atoms. The number of anilines is 1. The number of benzene rings is 1. The summed E-state index contributed by atoms with van der Waals surface area (Å²) in [5, 5.41) is 10.1. The second kappa shape index (κ2) is 5.64. The number of carbonyl (C=O) groups excluding carboxylic acids is 2. The Balaban J connectivity index is 2.22. The Morgan fingerprint density at radius 1 is 1.22 bits per heavy atom. The molecule has 0 spiro atoms. The standard InChI is InChI=1S/C17H13FN2O3/c1-10(21)14-15(11-6-2-3-7-12(11)18)20(17(23)16(14)22)13-8-4-5-9-19-13/h2-9,15,22H,1H3/t15-/m0/s1. The molecule has 1 atom stereocenters. The molecule has 6 heteroatoms. The SMILES string of the molecule is CC(=O)C1=C(O)C(=O)N(c2ccccn2)[C@H]1c1ccccc1F. The van der Waals surface area contributed by atoms with E-state index in [1.54, 1.807) is 24.3 Å². The van der Waals surface area contributed by atoms with Gasteiger partial charge >= 0.3 is 0 Å². The van der Waals surface area contributed by atoms with E-state index in [0.29, 0.717) is 0 Å². The van der Waals surface area contributed by atoms with E-state index in [1.165, 1.54) is 31.3 Å². The highest BCUT2D eigenvalue weighted by molar-refractivity contribution is 6.15. The van der Waals surface area contributed by atoms with Crippen molar-refractivity contribution in [3.8, 4) is 0 Å². The molecule has 2 aromatic rings. The third-order valence-electron chi connectivity index (χ3n) is 3.68. The molecule has 1 N–H and O–H groups in total. The van der Waals surface area contributed by atoms with Crippen molar-refractivity contribution < 1.29 is 19.1 Å². The molecule has 0 unspecified atom stereocenters. The van der Waals surface area contributed by atoms with Crippen LogP contribution in [0.3, 0.4) is 0 Å². The third kappa shape index (κ3) is 2.38. The summed E-state index contributed by atoms with van der Waals surface area (Å²) in [7, 11) is 0. The van der Waals surface area contributed by atoms with Gasteiger partial charge in [0, 0.05) is 11.8 Å². The third-order valence-corrected chi connectivity index (χ3v) is 3.68. The Labute approximate surface area is 131 Å².